The summed E-state index contributed by atoms with van der Waals surface area (Å²) in [4.78, 5) is 8.39. The number of imidazole rings is 1. The lowest BCUT2D eigenvalue weighted by Gasteiger charge is -2.15. The molecule has 2 aromatic rings. The predicted octanol–water partition coefficient (Wildman–Crippen LogP) is 2.13. The number of fused-ring (bicyclic) bond motifs is 1. The van der Waals surface area contributed by atoms with Gasteiger partial charge in [-0.15, -0.1) is 0 Å². The van der Waals surface area contributed by atoms with Crippen molar-refractivity contribution in [1.82, 2.24) is 19.7 Å². The molecule has 94 valence electrons. The van der Waals surface area contributed by atoms with Gasteiger partial charge in [-0.25, -0.2) is 9.97 Å². The van der Waals surface area contributed by atoms with Gasteiger partial charge < -0.3 is 5.32 Å². The summed E-state index contributed by atoms with van der Waals surface area (Å²) in [5, 5.41) is 12.2. The third-order valence-electron chi connectivity index (χ3n) is 2.62. The Balaban J connectivity index is 2.09. The molecule has 0 aliphatic heterocycles. The molecule has 0 fully saturated rings. The molecule has 0 saturated carbocycles. The minimum absolute atomic E-state index is 0.359. The van der Waals surface area contributed by atoms with Crippen LogP contribution in [0.5, 0.6) is 0 Å². The lowest BCUT2D eigenvalue weighted by atomic mass is 9.96. The van der Waals surface area contributed by atoms with E-state index in [-0.39, 0.29) is 5.41 Å². The number of rotatable bonds is 4. The Morgan fingerprint density at radius 1 is 1.44 bits per heavy atom. The van der Waals surface area contributed by atoms with Gasteiger partial charge >= 0.3 is 0 Å². The first kappa shape index (κ1) is 13.0. The molecule has 0 saturated heterocycles. The highest BCUT2D eigenvalue weighted by atomic mass is 79.9. The lowest BCUT2D eigenvalue weighted by Crippen LogP contribution is -2.28. The first-order valence-corrected chi connectivity index (χ1v) is 6.40. The molecule has 6 heteroatoms. The van der Waals surface area contributed by atoms with E-state index in [2.05, 4.69) is 37.3 Å². The van der Waals surface area contributed by atoms with Crippen LogP contribution in [0.15, 0.2) is 23.2 Å². The average Bonchev–Trinajstić information content (AvgIpc) is 2.72. The van der Waals surface area contributed by atoms with Gasteiger partial charge in [0.25, 0.3) is 0 Å². The van der Waals surface area contributed by atoms with E-state index in [1.54, 1.807) is 6.20 Å². The van der Waals surface area contributed by atoms with Gasteiger partial charge in [0.05, 0.1) is 29.6 Å². The summed E-state index contributed by atoms with van der Waals surface area (Å²) < 4.78 is 2.75. The van der Waals surface area contributed by atoms with Crippen LogP contribution >= 0.6 is 15.9 Å². The normalized spacial score (nSPS) is 11.7. The van der Waals surface area contributed by atoms with Crippen LogP contribution < -0.4 is 5.32 Å². The summed E-state index contributed by atoms with van der Waals surface area (Å²) in [5.41, 5.74) is 1.50. The number of aromatic nitrogens is 3. The van der Waals surface area contributed by atoms with Gasteiger partial charge in [-0.1, -0.05) is 0 Å². The van der Waals surface area contributed by atoms with Crippen molar-refractivity contribution in [3.8, 4) is 6.07 Å². The highest BCUT2D eigenvalue weighted by Crippen LogP contribution is 2.13. The molecule has 0 unspecified atom stereocenters. The van der Waals surface area contributed by atoms with Gasteiger partial charge in [0.15, 0.2) is 5.65 Å². The smallest absolute Gasteiger partial charge is 0.155 e. The monoisotopic (exact) mass is 307 g/mol. The van der Waals surface area contributed by atoms with Crippen molar-refractivity contribution in [2.45, 2.75) is 20.4 Å². The summed E-state index contributed by atoms with van der Waals surface area (Å²) in [6.45, 7) is 5.13. The van der Waals surface area contributed by atoms with E-state index in [9.17, 15) is 0 Å². The maximum absolute atomic E-state index is 8.94. The second-order valence-electron chi connectivity index (χ2n) is 4.79. The Labute approximate surface area is 114 Å². The molecule has 2 heterocycles. The van der Waals surface area contributed by atoms with E-state index >= 15 is 0 Å². The molecule has 0 spiro atoms. The van der Waals surface area contributed by atoms with E-state index in [4.69, 9.17) is 5.26 Å². The number of hydrogen-bond acceptors (Lipinski definition) is 4. The SMILES string of the molecule is CC(C)(C#N)CNCc1cnc2cnc(Br)cn12. The third kappa shape index (κ3) is 2.86. The highest BCUT2D eigenvalue weighted by molar-refractivity contribution is 9.10. The van der Waals surface area contributed by atoms with Crippen molar-refractivity contribution in [1.29, 1.82) is 5.26 Å². The predicted molar refractivity (Wildman–Crippen MR) is 71.8 cm³/mol. The number of hydrogen-bond donors (Lipinski definition) is 1. The van der Waals surface area contributed by atoms with Crippen molar-refractivity contribution in [3.63, 3.8) is 0 Å². The van der Waals surface area contributed by atoms with E-state index in [0.717, 1.165) is 15.9 Å². The molecule has 2 aromatic heterocycles. The lowest BCUT2D eigenvalue weighted by molar-refractivity contribution is 0.443. The first-order chi connectivity index (χ1) is 8.52. The Morgan fingerprint density at radius 2 is 2.22 bits per heavy atom. The van der Waals surface area contributed by atoms with Crippen molar-refractivity contribution in [2.75, 3.05) is 6.54 Å². The molecule has 2 rings (SSSR count). The van der Waals surface area contributed by atoms with Crippen molar-refractivity contribution >= 4 is 21.6 Å². The summed E-state index contributed by atoms with van der Waals surface area (Å²) >= 11 is 3.34. The molecule has 0 bridgehead atoms. The zero-order valence-corrected chi connectivity index (χ0v) is 11.9. The Morgan fingerprint density at radius 3 is 2.94 bits per heavy atom. The summed E-state index contributed by atoms with van der Waals surface area (Å²) in [7, 11) is 0. The molecule has 0 atom stereocenters. The standard InChI is InChI=1S/C12H14BrN5/c1-12(2,7-14)8-15-3-9-4-17-11-5-16-10(13)6-18(9)11/h4-6,15H,3,8H2,1-2H3. The fourth-order valence-electron chi connectivity index (χ4n) is 1.59. The van der Waals surface area contributed by atoms with Crippen LogP contribution in [0.1, 0.15) is 19.5 Å². The fourth-order valence-corrected chi connectivity index (χ4v) is 1.90. The second kappa shape index (κ2) is 5.04. The minimum Gasteiger partial charge on any atom is -0.310 e. The average molecular weight is 308 g/mol. The number of halogens is 1. The van der Waals surface area contributed by atoms with Crippen LogP contribution in [-0.2, 0) is 6.54 Å². The molecule has 5 nitrogen and oxygen atoms in total. The van der Waals surface area contributed by atoms with Crippen LogP contribution in [0.4, 0.5) is 0 Å². The fraction of sp³-hybridized carbons (Fsp3) is 0.417. The molecule has 0 aromatic carbocycles. The number of nitriles is 1. The van der Waals surface area contributed by atoms with Crippen molar-refractivity contribution in [3.05, 3.63) is 28.9 Å². The second-order valence-corrected chi connectivity index (χ2v) is 5.60. The summed E-state index contributed by atoms with van der Waals surface area (Å²) in [6.07, 6.45) is 5.41. The molecular weight excluding hydrogens is 294 g/mol. The summed E-state index contributed by atoms with van der Waals surface area (Å²) in [5.74, 6) is 0. The number of nitrogens with zero attached hydrogens (tertiary/aromatic N) is 4. The Hall–Kier alpha value is -1.45. The van der Waals surface area contributed by atoms with Crippen LogP contribution in [-0.4, -0.2) is 20.9 Å². The van der Waals surface area contributed by atoms with E-state index in [1.165, 1.54) is 0 Å². The van der Waals surface area contributed by atoms with Crippen LogP contribution in [0.25, 0.3) is 5.65 Å². The van der Waals surface area contributed by atoms with Gasteiger partial charge in [0.1, 0.15) is 4.60 Å². The van der Waals surface area contributed by atoms with Gasteiger partial charge in [0, 0.05) is 19.3 Å². The molecule has 0 amide bonds. The third-order valence-corrected chi connectivity index (χ3v) is 3.03. The number of nitrogens with one attached hydrogen (secondary N) is 1. The molecule has 0 radical (unpaired) electrons. The Kier molecular flexibility index (Phi) is 3.64. The maximum atomic E-state index is 8.94. The van der Waals surface area contributed by atoms with Crippen molar-refractivity contribution in [2.24, 2.45) is 5.41 Å². The Bertz CT molecular complexity index is 596. The molecular formula is C12H14BrN5. The molecule has 0 aliphatic carbocycles. The van der Waals surface area contributed by atoms with Crippen molar-refractivity contribution < 1.29 is 0 Å². The van der Waals surface area contributed by atoms with E-state index in [0.29, 0.717) is 13.1 Å². The van der Waals surface area contributed by atoms with E-state index in [1.807, 2.05) is 30.6 Å². The largest absolute Gasteiger partial charge is 0.310 e. The maximum Gasteiger partial charge on any atom is 0.155 e. The van der Waals surface area contributed by atoms with Gasteiger partial charge in [-0.3, -0.25) is 4.40 Å². The van der Waals surface area contributed by atoms with Gasteiger partial charge in [0.2, 0.25) is 0 Å². The topological polar surface area (TPSA) is 66.0 Å². The zero-order chi connectivity index (χ0) is 13.2. The molecule has 0 aliphatic rings. The van der Waals surface area contributed by atoms with E-state index < -0.39 is 0 Å². The molecule has 18 heavy (non-hydrogen) atoms. The minimum atomic E-state index is -0.359. The highest BCUT2D eigenvalue weighted by Gasteiger charge is 2.15. The molecule has 1 N–H and O–H groups in total. The van der Waals surface area contributed by atoms with Crippen LogP contribution in [0.3, 0.4) is 0 Å². The quantitative estimate of drug-likeness (QED) is 0.939. The van der Waals surface area contributed by atoms with Gasteiger partial charge in [-0.2, -0.15) is 5.26 Å². The van der Waals surface area contributed by atoms with Gasteiger partial charge in [-0.05, 0) is 29.8 Å². The summed E-state index contributed by atoms with van der Waals surface area (Å²) in [6, 6.07) is 2.27. The zero-order valence-electron chi connectivity index (χ0n) is 10.3. The first-order valence-electron chi connectivity index (χ1n) is 5.61. The van der Waals surface area contributed by atoms with Crippen LogP contribution in [0.2, 0.25) is 0 Å². The van der Waals surface area contributed by atoms with Crippen LogP contribution in [0, 0.1) is 16.7 Å².